The largest absolute Gasteiger partial charge is 0.505 e. The molecule has 1 aromatic rings. The van der Waals surface area contributed by atoms with E-state index in [9.17, 15) is 5.11 Å². The fourth-order valence-electron chi connectivity index (χ4n) is 0.924. The fourth-order valence-corrected chi connectivity index (χ4v) is 1.46. The Morgan fingerprint density at radius 1 is 1.33 bits per heavy atom. The minimum atomic E-state index is -0.0572. The Morgan fingerprint density at radius 2 is 1.83 bits per heavy atom. The molecule has 0 radical (unpaired) electrons. The molecule has 12 heavy (non-hydrogen) atoms. The second-order valence-corrected chi connectivity index (χ2v) is 3.25. The van der Waals surface area contributed by atoms with E-state index in [1.54, 1.807) is 12.1 Å². The molecule has 0 aliphatic heterocycles. The van der Waals surface area contributed by atoms with Gasteiger partial charge in [0, 0.05) is 6.54 Å². The monoisotopic (exact) mass is 205 g/mol. The quantitative estimate of drug-likeness (QED) is 0.778. The summed E-state index contributed by atoms with van der Waals surface area (Å²) >= 11 is 11.4. The molecule has 4 heteroatoms. The number of benzene rings is 1. The molecule has 2 N–H and O–H groups in total. The second kappa shape index (κ2) is 3.99. The van der Waals surface area contributed by atoms with Crippen LogP contribution in [0, 0.1) is 0 Å². The van der Waals surface area contributed by atoms with Gasteiger partial charge in [-0.3, -0.25) is 0 Å². The lowest BCUT2D eigenvalue weighted by Gasteiger charge is -2.04. The summed E-state index contributed by atoms with van der Waals surface area (Å²) in [6, 6.07) is 3.36. The van der Waals surface area contributed by atoms with E-state index in [2.05, 4.69) is 5.32 Å². The third-order valence-electron chi connectivity index (χ3n) is 1.46. The maximum absolute atomic E-state index is 9.21. The highest BCUT2D eigenvalue weighted by Gasteiger charge is 2.05. The van der Waals surface area contributed by atoms with Crippen LogP contribution in [0.2, 0.25) is 10.0 Å². The van der Waals surface area contributed by atoms with Gasteiger partial charge in [0.25, 0.3) is 0 Å². The lowest BCUT2D eigenvalue weighted by atomic mass is 10.2. The summed E-state index contributed by atoms with van der Waals surface area (Å²) in [5, 5.41) is 12.7. The number of hydrogen-bond donors (Lipinski definition) is 2. The van der Waals surface area contributed by atoms with Crippen molar-refractivity contribution in [2.45, 2.75) is 6.54 Å². The van der Waals surface area contributed by atoms with Crippen molar-refractivity contribution in [1.29, 1.82) is 0 Å². The van der Waals surface area contributed by atoms with Crippen LogP contribution in [0.5, 0.6) is 5.75 Å². The van der Waals surface area contributed by atoms with Crippen molar-refractivity contribution in [1.82, 2.24) is 5.32 Å². The van der Waals surface area contributed by atoms with Crippen LogP contribution in [-0.4, -0.2) is 12.2 Å². The molecular formula is C8H9Cl2NO. The van der Waals surface area contributed by atoms with E-state index >= 15 is 0 Å². The van der Waals surface area contributed by atoms with Crippen LogP contribution in [0.1, 0.15) is 5.56 Å². The number of rotatable bonds is 2. The van der Waals surface area contributed by atoms with Gasteiger partial charge >= 0.3 is 0 Å². The van der Waals surface area contributed by atoms with Crippen molar-refractivity contribution in [2.24, 2.45) is 0 Å². The number of aromatic hydroxyl groups is 1. The van der Waals surface area contributed by atoms with Crippen molar-refractivity contribution >= 4 is 23.2 Å². The molecule has 0 bridgehead atoms. The van der Waals surface area contributed by atoms with Crippen molar-refractivity contribution in [3.63, 3.8) is 0 Å². The zero-order valence-electron chi connectivity index (χ0n) is 6.56. The van der Waals surface area contributed by atoms with Gasteiger partial charge in [-0.25, -0.2) is 0 Å². The minimum absolute atomic E-state index is 0.0572. The third kappa shape index (κ3) is 2.03. The summed E-state index contributed by atoms with van der Waals surface area (Å²) in [7, 11) is 1.83. The Morgan fingerprint density at radius 3 is 2.25 bits per heavy atom. The van der Waals surface area contributed by atoms with E-state index < -0.39 is 0 Å². The van der Waals surface area contributed by atoms with E-state index in [-0.39, 0.29) is 15.8 Å². The summed E-state index contributed by atoms with van der Waals surface area (Å²) in [4.78, 5) is 0. The maximum atomic E-state index is 9.21. The predicted molar refractivity (Wildman–Crippen MR) is 50.9 cm³/mol. The van der Waals surface area contributed by atoms with Crippen molar-refractivity contribution in [2.75, 3.05) is 7.05 Å². The normalized spacial score (nSPS) is 10.2. The summed E-state index contributed by atoms with van der Waals surface area (Å²) in [5.41, 5.74) is 0.949. The topological polar surface area (TPSA) is 32.3 Å². The van der Waals surface area contributed by atoms with Crippen LogP contribution in [0.25, 0.3) is 0 Å². The first-order valence-corrected chi connectivity index (χ1v) is 4.22. The molecule has 0 aromatic heterocycles. The zero-order valence-corrected chi connectivity index (χ0v) is 8.08. The zero-order chi connectivity index (χ0) is 9.14. The van der Waals surface area contributed by atoms with Crippen LogP contribution in [0.4, 0.5) is 0 Å². The molecule has 1 rings (SSSR count). The lowest BCUT2D eigenvalue weighted by Crippen LogP contribution is -2.04. The third-order valence-corrected chi connectivity index (χ3v) is 2.03. The molecule has 0 saturated heterocycles. The second-order valence-electron chi connectivity index (χ2n) is 2.44. The van der Waals surface area contributed by atoms with E-state index in [0.717, 1.165) is 5.56 Å². The molecule has 0 atom stereocenters. The Kier molecular flexibility index (Phi) is 3.20. The number of hydrogen-bond acceptors (Lipinski definition) is 2. The van der Waals surface area contributed by atoms with Crippen LogP contribution >= 0.6 is 23.2 Å². The molecule has 0 heterocycles. The maximum Gasteiger partial charge on any atom is 0.152 e. The molecule has 0 aliphatic carbocycles. The van der Waals surface area contributed by atoms with Crippen molar-refractivity contribution in [3.05, 3.63) is 27.7 Å². The van der Waals surface area contributed by atoms with Gasteiger partial charge in [-0.1, -0.05) is 23.2 Å². The van der Waals surface area contributed by atoms with Gasteiger partial charge in [0.1, 0.15) is 0 Å². The first kappa shape index (κ1) is 9.65. The SMILES string of the molecule is CNCc1cc(Cl)c(O)c(Cl)c1. The highest BCUT2D eigenvalue weighted by molar-refractivity contribution is 6.37. The van der Waals surface area contributed by atoms with E-state index in [4.69, 9.17) is 23.2 Å². The fraction of sp³-hybridized carbons (Fsp3) is 0.250. The summed E-state index contributed by atoms with van der Waals surface area (Å²) in [6.45, 7) is 0.680. The molecule has 2 nitrogen and oxygen atoms in total. The molecule has 0 amide bonds. The number of halogens is 2. The first-order valence-electron chi connectivity index (χ1n) is 3.46. The van der Waals surface area contributed by atoms with Gasteiger partial charge in [-0.15, -0.1) is 0 Å². The Balaban J connectivity index is 3.04. The van der Waals surface area contributed by atoms with E-state index in [1.807, 2.05) is 7.05 Å². The van der Waals surface area contributed by atoms with Crippen LogP contribution in [0.15, 0.2) is 12.1 Å². The number of phenolic OH excluding ortho intramolecular Hbond substituents is 1. The summed E-state index contributed by atoms with van der Waals surface area (Å²) < 4.78 is 0. The van der Waals surface area contributed by atoms with Crippen LogP contribution in [-0.2, 0) is 6.54 Å². The van der Waals surface area contributed by atoms with Gasteiger partial charge in [0.2, 0.25) is 0 Å². The molecule has 0 aliphatic rings. The smallest absolute Gasteiger partial charge is 0.152 e. The highest BCUT2D eigenvalue weighted by atomic mass is 35.5. The Labute approximate surface area is 81.1 Å². The molecule has 0 fully saturated rings. The minimum Gasteiger partial charge on any atom is -0.505 e. The lowest BCUT2D eigenvalue weighted by molar-refractivity contribution is 0.475. The van der Waals surface area contributed by atoms with Gasteiger partial charge in [0.05, 0.1) is 10.0 Å². The predicted octanol–water partition coefficient (Wildman–Crippen LogP) is 2.42. The standard InChI is InChI=1S/C8H9Cl2NO/c1-11-4-5-2-6(9)8(12)7(10)3-5/h2-3,11-12H,4H2,1H3. The number of nitrogens with one attached hydrogen (secondary N) is 1. The Bertz CT molecular complexity index is 265. The summed E-state index contributed by atoms with van der Waals surface area (Å²) in [5.74, 6) is -0.0572. The molecular weight excluding hydrogens is 197 g/mol. The van der Waals surface area contributed by atoms with Crippen LogP contribution in [0.3, 0.4) is 0 Å². The van der Waals surface area contributed by atoms with Gasteiger partial charge in [-0.05, 0) is 24.7 Å². The molecule has 66 valence electrons. The van der Waals surface area contributed by atoms with Gasteiger partial charge in [0.15, 0.2) is 5.75 Å². The van der Waals surface area contributed by atoms with Crippen LogP contribution < -0.4 is 5.32 Å². The first-order chi connectivity index (χ1) is 5.65. The van der Waals surface area contributed by atoms with Crippen molar-refractivity contribution < 1.29 is 5.11 Å². The van der Waals surface area contributed by atoms with Gasteiger partial charge < -0.3 is 10.4 Å². The average molecular weight is 206 g/mol. The molecule has 1 aromatic carbocycles. The summed E-state index contributed by atoms with van der Waals surface area (Å²) in [6.07, 6.45) is 0. The van der Waals surface area contributed by atoms with E-state index in [1.165, 1.54) is 0 Å². The molecule has 0 spiro atoms. The molecule has 0 unspecified atom stereocenters. The van der Waals surface area contributed by atoms with E-state index in [0.29, 0.717) is 6.54 Å². The number of phenols is 1. The van der Waals surface area contributed by atoms with Crippen molar-refractivity contribution in [3.8, 4) is 5.75 Å². The average Bonchev–Trinajstić information content (AvgIpc) is 2.01. The Hall–Kier alpha value is -0.440. The highest BCUT2D eigenvalue weighted by Crippen LogP contribution is 2.32. The van der Waals surface area contributed by atoms with Gasteiger partial charge in [-0.2, -0.15) is 0 Å². The molecule has 0 saturated carbocycles.